The Bertz CT molecular complexity index is 701. The molecule has 2 atom stereocenters. The van der Waals surface area contributed by atoms with E-state index in [9.17, 15) is 4.79 Å². The van der Waals surface area contributed by atoms with Crippen LogP contribution < -0.4 is 20.5 Å². The summed E-state index contributed by atoms with van der Waals surface area (Å²) < 4.78 is 10.7. The molecular formula is C19H24N2O3. The molecule has 24 heavy (non-hydrogen) atoms. The maximum atomic E-state index is 11.9. The summed E-state index contributed by atoms with van der Waals surface area (Å²) in [5.41, 5.74) is 8.50. The highest BCUT2D eigenvalue weighted by Gasteiger charge is 2.22. The summed E-state index contributed by atoms with van der Waals surface area (Å²) >= 11 is 0. The molecule has 0 unspecified atom stereocenters. The molecule has 5 nitrogen and oxygen atoms in total. The smallest absolute Gasteiger partial charge is 0.239 e. The lowest BCUT2D eigenvalue weighted by atomic mass is 9.99. The number of nitrogens with one attached hydrogen (secondary N) is 1. The molecule has 128 valence electrons. The molecule has 0 aliphatic heterocycles. The molecule has 5 heteroatoms. The summed E-state index contributed by atoms with van der Waals surface area (Å²) in [6, 6.07) is 12.6. The van der Waals surface area contributed by atoms with E-state index in [1.54, 1.807) is 14.2 Å². The van der Waals surface area contributed by atoms with Crippen LogP contribution in [0.15, 0.2) is 42.5 Å². The molecule has 0 aromatic heterocycles. The fourth-order valence-electron chi connectivity index (χ4n) is 2.79. The third-order valence-electron chi connectivity index (χ3n) is 4.07. The van der Waals surface area contributed by atoms with E-state index in [4.69, 9.17) is 15.2 Å². The van der Waals surface area contributed by atoms with Crippen molar-refractivity contribution in [2.75, 3.05) is 14.2 Å². The molecule has 2 rings (SSSR count). The van der Waals surface area contributed by atoms with Crippen LogP contribution in [0.2, 0.25) is 0 Å². The van der Waals surface area contributed by atoms with Gasteiger partial charge in [-0.15, -0.1) is 0 Å². The summed E-state index contributed by atoms with van der Waals surface area (Å²) in [5.74, 6) is 0.925. The van der Waals surface area contributed by atoms with E-state index < -0.39 is 11.9 Å². The Morgan fingerprint density at radius 2 is 1.67 bits per heavy atom. The maximum Gasteiger partial charge on any atom is 0.239 e. The predicted molar refractivity (Wildman–Crippen MR) is 94.2 cm³/mol. The molecule has 0 fully saturated rings. The topological polar surface area (TPSA) is 73.6 Å². The minimum atomic E-state index is -0.561. The second-order valence-corrected chi connectivity index (χ2v) is 5.70. The maximum absolute atomic E-state index is 11.9. The number of benzene rings is 2. The summed E-state index contributed by atoms with van der Waals surface area (Å²) in [4.78, 5) is 11.9. The van der Waals surface area contributed by atoms with Crippen molar-refractivity contribution in [3.63, 3.8) is 0 Å². The summed E-state index contributed by atoms with van der Waals surface area (Å²) in [6.07, 6.45) is 0. The number of carbonyl (C=O) groups excluding carboxylic acids is 1. The molecule has 0 aliphatic carbocycles. The second kappa shape index (κ2) is 7.84. The summed E-state index contributed by atoms with van der Waals surface area (Å²) in [7, 11) is 3.21. The van der Waals surface area contributed by atoms with E-state index in [-0.39, 0.29) is 6.04 Å². The molecule has 0 saturated heterocycles. The van der Waals surface area contributed by atoms with E-state index in [2.05, 4.69) is 5.32 Å². The first-order chi connectivity index (χ1) is 11.5. The first-order valence-electron chi connectivity index (χ1n) is 7.80. The van der Waals surface area contributed by atoms with Crippen LogP contribution in [0.3, 0.4) is 0 Å². The van der Waals surface area contributed by atoms with Crippen LogP contribution >= 0.6 is 0 Å². The molecule has 0 radical (unpaired) electrons. The largest absolute Gasteiger partial charge is 0.493 e. The molecule has 2 aromatic carbocycles. The summed E-state index contributed by atoms with van der Waals surface area (Å²) in [5, 5.41) is 3.31. The van der Waals surface area contributed by atoms with Gasteiger partial charge in [0.2, 0.25) is 5.91 Å². The van der Waals surface area contributed by atoms with Gasteiger partial charge in [0.25, 0.3) is 0 Å². The van der Waals surface area contributed by atoms with Gasteiger partial charge in [0, 0.05) is 6.04 Å². The number of hydrogen-bond acceptors (Lipinski definition) is 4. The van der Waals surface area contributed by atoms with Crippen molar-refractivity contribution in [2.24, 2.45) is 5.73 Å². The lowest BCUT2D eigenvalue weighted by Gasteiger charge is -2.24. The molecule has 3 N–H and O–H groups in total. The highest BCUT2D eigenvalue weighted by molar-refractivity contribution is 5.81. The number of hydrogen-bond donors (Lipinski definition) is 2. The molecule has 0 aliphatic rings. The number of amides is 1. The molecule has 0 heterocycles. The van der Waals surface area contributed by atoms with Gasteiger partial charge in [0.1, 0.15) is 6.04 Å². The van der Waals surface area contributed by atoms with Crippen LogP contribution in [0, 0.1) is 6.92 Å². The van der Waals surface area contributed by atoms with Crippen LogP contribution in [-0.2, 0) is 4.79 Å². The third kappa shape index (κ3) is 3.86. The van der Waals surface area contributed by atoms with Gasteiger partial charge in [-0.25, -0.2) is 0 Å². The number of primary amides is 1. The normalized spacial score (nSPS) is 13.2. The second-order valence-electron chi connectivity index (χ2n) is 5.70. The van der Waals surface area contributed by atoms with Crippen molar-refractivity contribution >= 4 is 5.91 Å². The van der Waals surface area contributed by atoms with Crippen molar-refractivity contribution in [2.45, 2.75) is 25.9 Å². The van der Waals surface area contributed by atoms with Gasteiger partial charge < -0.3 is 15.2 Å². The van der Waals surface area contributed by atoms with Crippen molar-refractivity contribution < 1.29 is 14.3 Å². The SMILES string of the molecule is COc1cc(C)c([C@H](C)N[C@@H](C(N)=O)c2ccccc2)cc1OC. The number of nitrogens with two attached hydrogens (primary N) is 1. The van der Waals surface area contributed by atoms with Crippen molar-refractivity contribution in [3.8, 4) is 11.5 Å². The predicted octanol–water partition coefficient (Wildman–Crippen LogP) is 2.89. The van der Waals surface area contributed by atoms with Gasteiger partial charge in [-0.05, 0) is 42.7 Å². The van der Waals surface area contributed by atoms with Gasteiger partial charge >= 0.3 is 0 Å². The lowest BCUT2D eigenvalue weighted by Crippen LogP contribution is -2.35. The van der Waals surface area contributed by atoms with Crippen molar-refractivity contribution in [1.29, 1.82) is 0 Å². The zero-order chi connectivity index (χ0) is 17.7. The Morgan fingerprint density at radius 3 is 2.21 bits per heavy atom. The van der Waals surface area contributed by atoms with E-state index in [0.29, 0.717) is 11.5 Å². The van der Waals surface area contributed by atoms with Gasteiger partial charge in [0.05, 0.1) is 14.2 Å². The van der Waals surface area contributed by atoms with Crippen LogP contribution in [0.4, 0.5) is 0 Å². The van der Waals surface area contributed by atoms with Gasteiger partial charge in [-0.3, -0.25) is 10.1 Å². The number of ether oxygens (including phenoxy) is 2. The monoisotopic (exact) mass is 328 g/mol. The highest BCUT2D eigenvalue weighted by Crippen LogP contribution is 2.33. The molecule has 1 amide bonds. The quantitative estimate of drug-likeness (QED) is 0.819. The average Bonchev–Trinajstić information content (AvgIpc) is 2.59. The number of carbonyl (C=O) groups is 1. The molecule has 0 bridgehead atoms. The third-order valence-corrected chi connectivity index (χ3v) is 4.07. The van der Waals surface area contributed by atoms with Crippen molar-refractivity contribution in [1.82, 2.24) is 5.32 Å². The fraction of sp³-hybridized carbons (Fsp3) is 0.316. The Labute approximate surface area is 142 Å². The zero-order valence-corrected chi connectivity index (χ0v) is 14.5. The average molecular weight is 328 g/mol. The highest BCUT2D eigenvalue weighted by atomic mass is 16.5. The minimum Gasteiger partial charge on any atom is -0.493 e. The number of rotatable bonds is 7. The molecular weight excluding hydrogens is 304 g/mol. The van der Waals surface area contributed by atoms with E-state index in [0.717, 1.165) is 16.7 Å². The Kier molecular flexibility index (Phi) is 5.82. The van der Waals surface area contributed by atoms with Crippen LogP contribution in [-0.4, -0.2) is 20.1 Å². The van der Waals surface area contributed by atoms with E-state index in [1.165, 1.54) is 0 Å². The van der Waals surface area contributed by atoms with E-state index >= 15 is 0 Å². The first-order valence-corrected chi connectivity index (χ1v) is 7.80. The fourth-order valence-corrected chi connectivity index (χ4v) is 2.79. The van der Waals surface area contributed by atoms with Crippen LogP contribution in [0.25, 0.3) is 0 Å². The van der Waals surface area contributed by atoms with E-state index in [1.807, 2.05) is 56.3 Å². The van der Waals surface area contributed by atoms with Gasteiger partial charge in [0.15, 0.2) is 11.5 Å². The molecule has 0 spiro atoms. The Morgan fingerprint density at radius 1 is 1.08 bits per heavy atom. The zero-order valence-electron chi connectivity index (χ0n) is 14.5. The van der Waals surface area contributed by atoms with Crippen molar-refractivity contribution in [3.05, 3.63) is 59.2 Å². The van der Waals surface area contributed by atoms with Crippen LogP contribution in [0.1, 0.15) is 35.7 Å². The van der Waals surface area contributed by atoms with Crippen LogP contribution in [0.5, 0.6) is 11.5 Å². The Hall–Kier alpha value is -2.53. The van der Waals surface area contributed by atoms with Gasteiger partial charge in [-0.1, -0.05) is 30.3 Å². The Balaban J connectivity index is 2.31. The number of aryl methyl sites for hydroxylation is 1. The molecule has 2 aromatic rings. The minimum absolute atomic E-state index is 0.0949. The number of methoxy groups -OCH3 is 2. The summed E-state index contributed by atoms with van der Waals surface area (Å²) in [6.45, 7) is 3.99. The lowest BCUT2D eigenvalue weighted by molar-refractivity contribution is -0.120. The molecule has 0 saturated carbocycles. The standard InChI is InChI=1S/C19H24N2O3/c1-12-10-16(23-3)17(24-4)11-15(12)13(2)21-18(19(20)22)14-8-6-5-7-9-14/h5-11,13,18,21H,1-4H3,(H2,20,22)/t13-,18+/m0/s1. The first kappa shape index (κ1) is 17.8. The van der Waals surface area contributed by atoms with Gasteiger partial charge in [-0.2, -0.15) is 0 Å².